The Bertz CT molecular complexity index is 2200. The van der Waals surface area contributed by atoms with Crippen LogP contribution in [0.1, 0.15) is 92.5 Å². The van der Waals surface area contributed by atoms with Crippen LogP contribution in [0.4, 0.5) is 26.3 Å². The molecule has 4 aliphatic carbocycles. The van der Waals surface area contributed by atoms with E-state index in [9.17, 15) is 26.3 Å². The first-order valence-electron chi connectivity index (χ1n) is 17.3. The zero-order valence-corrected chi connectivity index (χ0v) is 35.9. The van der Waals surface area contributed by atoms with Crippen LogP contribution in [0.3, 0.4) is 0 Å². The molecule has 4 aliphatic rings. The Morgan fingerprint density at radius 1 is 0.759 bits per heavy atom. The number of rotatable bonds is 2. The Morgan fingerprint density at radius 2 is 1.31 bits per heavy atom. The molecule has 9 heteroatoms. The first-order chi connectivity index (χ1) is 24.3. The minimum atomic E-state index is -4.48. The van der Waals surface area contributed by atoms with Crippen LogP contribution in [0.5, 0.6) is 0 Å². The molecule has 4 aromatic rings. The fourth-order valence-corrected chi connectivity index (χ4v) is 8.97. The van der Waals surface area contributed by atoms with Crippen molar-refractivity contribution in [3.05, 3.63) is 164 Å². The molecule has 0 heterocycles. The van der Waals surface area contributed by atoms with Gasteiger partial charge in [0.25, 0.3) is 0 Å². The maximum absolute atomic E-state index is 12.7. The third kappa shape index (κ3) is 8.74. The van der Waals surface area contributed by atoms with Gasteiger partial charge in [0.2, 0.25) is 0 Å². The van der Waals surface area contributed by atoms with Gasteiger partial charge in [-0.05, 0) is 53.0 Å². The smallest absolute Gasteiger partial charge is 0.172 e. The van der Waals surface area contributed by atoms with Crippen LogP contribution in [0, 0.1) is 11.8 Å². The van der Waals surface area contributed by atoms with Crippen molar-refractivity contribution in [2.75, 3.05) is 0 Å². The largest absolute Gasteiger partial charge is 1.00 e. The second-order valence-electron chi connectivity index (χ2n) is 15.1. The second kappa shape index (κ2) is 16.1. The molecule has 4 aromatic carbocycles. The van der Waals surface area contributed by atoms with Gasteiger partial charge in [-0.2, -0.15) is 23.4 Å². The van der Waals surface area contributed by atoms with Crippen molar-refractivity contribution in [1.82, 2.24) is 0 Å². The fraction of sp³-hybridized carbons (Fsp3) is 0.267. The van der Waals surface area contributed by atoms with E-state index in [4.69, 9.17) is 0 Å². The number of fused-ring (bicyclic) bond motifs is 7. The molecule has 0 nitrogen and oxygen atoms in total. The molecule has 0 atom stereocenters. The Kier molecular flexibility index (Phi) is 12.9. The van der Waals surface area contributed by atoms with Gasteiger partial charge in [-0.15, -0.1) is 5.56 Å². The molecule has 0 radical (unpaired) electrons. The molecule has 0 aliphatic heterocycles. The van der Waals surface area contributed by atoms with Gasteiger partial charge < -0.3 is 24.8 Å². The Hall–Kier alpha value is -3.26. The van der Waals surface area contributed by atoms with Crippen molar-refractivity contribution in [1.29, 1.82) is 0 Å². The van der Waals surface area contributed by atoms with E-state index in [1.54, 1.807) is 27.8 Å². The molecule has 54 heavy (non-hydrogen) atoms. The molecule has 0 aromatic heterocycles. The summed E-state index contributed by atoms with van der Waals surface area (Å²) in [5, 5.41) is 3.00. The summed E-state index contributed by atoms with van der Waals surface area (Å²) in [6.07, 6.45) is 5.33. The second-order valence-corrected chi connectivity index (χ2v) is 16.9. The maximum Gasteiger partial charge on any atom is -0.172 e. The number of hydrogen-bond acceptors (Lipinski definition) is 0. The van der Waals surface area contributed by atoms with Gasteiger partial charge in [0.05, 0.1) is 0 Å². The zero-order chi connectivity index (χ0) is 37.8. The normalized spacial score (nSPS) is 16.7. The molecule has 0 fully saturated rings. The molecule has 0 bridgehead atoms. The van der Waals surface area contributed by atoms with Crippen LogP contribution >= 0.6 is 0 Å². The first kappa shape index (κ1) is 43.5. The molecule has 8 rings (SSSR count). The van der Waals surface area contributed by atoms with E-state index < -0.39 is 23.5 Å². The van der Waals surface area contributed by atoms with Crippen molar-refractivity contribution in [3.63, 3.8) is 0 Å². The summed E-state index contributed by atoms with van der Waals surface area (Å²) in [6, 6.07) is 19.2. The number of halogens is 8. The first-order valence-corrected chi connectivity index (χ1v) is 19.1. The predicted molar refractivity (Wildman–Crippen MR) is 197 cm³/mol. The number of alkyl halides is 6. The Labute approximate surface area is 340 Å². The SMILES string of the molecule is CC1=CC=c2c1c1c(c3c2=C(C)[CH-]C3(C)C)CC2=C1CC(C)(C)C=C2.FC(F)(F)c1cccc([C](=[Hf+2])c2cccc(C(F)(F)F)c2)c1.[Cl-].[Cl-].c1cc[cH-]c1. The number of allylic oxidation sites excluding steroid dienone is 6. The summed E-state index contributed by atoms with van der Waals surface area (Å²) in [4.78, 5) is 0. The fourth-order valence-electron chi connectivity index (χ4n) is 7.85. The molecule has 0 unspecified atom stereocenters. The van der Waals surface area contributed by atoms with Gasteiger partial charge in [-0.3, -0.25) is 0 Å². The predicted octanol–water partition coefficient (Wildman–Crippen LogP) is 5.10. The monoisotopic (exact) mass is 944 g/mol. The van der Waals surface area contributed by atoms with Crippen LogP contribution in [0.25, 0.3) is 22.8 Å². The summed E-state index contributed by atoms with van der Waals surface area (Å²) >= 11 is 0.316. The van der Waals surface area contributed by atoms with Gasteiger partial charge in [-0.1, -0.05) is 75.1 Å². The third-order valence-electron chi connectivity index (χ3n) is 10.1. The molecule has 0 N–H and O–H groups in total. The molecule has 0 saturated heterocycles. The van der Waals surface area contributed by atoms with Gasteiger partial charge >= 0.3 is 137 Å². The van der Waals surface area contributed by atoms with Crippen LogP contribution in [-0.2, 0) is 48.1 Å². The van der Waals surface area contributed by atoms with E-state index in [0.29, 0.717) is 38.3 Å². The van der Waals surface area contributed by atoms with Crippen molar-refractivity contribution < 1.29 is 75.0 Å². The van der Waals surface area contributed by atoms with Gasteiger partial charge in [0.1, 0.15) is 0 Å². The minimum absolute atomic E-state index is 0. The van der Waals surface area contributed by atoms with Crippen molar-refractivity contribution >= 4 is 26.1 Å². The van der Waals surface area contributed by atoms with Crippen LogP contribution in [0.15, 0.2) is 103 Å². The molecular formula is C45H40Cl2F6Hf-2. The van der Waals surface area contributed by atoms with Crippen LogP contribution < -0.4 is 35.3 Å². The molecular weight excluding hydrogens is 904 g/mol. The van der Waals surface area contributed by atoms with E-state index in [1.165, 1.54) is 51.4 Å². The average Bonchev–Trinajstić information content (AvgIpc) is 3.87. The maximum atomic E-state index is 12.7. The van der Waals surface area contributed by atoms with E-state index in [0.717, 1.165) is 37.1 Å². The summed E-state index contributed by atoms with van der Waals surface area (Å²) in [5.41, 5.74) is 11.7. The van der Waals surface area contributed by atoms with E-state index in [1.807, 2.05) is 30.3 Å². The summed E-state index contributed by atoms with van der Waals surface area (Å²) in [5.74, 6) is 0. The minimum Gasteiger partial charge on any atom is -1.00 e. The number of benzene rings is 3. The standard InChI is InChI=1S/C25H27.C15H8F6.C5H5.2ClH.Hf/c1-14-7-8-17-20(14)22-18(23-21(17)15(2)12-25(23,5)6)11-16-9-10-24(3,4)13-19(16)22;16-14(17,18)12-5-1-3-10(8-12)7-11-4-2-6-13(9-11)15(19,20)21;1-2-4-5-3-1;;;/h7-10,12H,11,13H2,1-6H3;1-6,8-9H;1-5H;2*1H;/q-1;;-1;;;+2/p-2. The van der Waals surface area contributed by atoms with Gasteiger partial charge in [0, 0.05) is 0 Å². The average molecular weight is 944 g/mol. The van der Waals surface area contributed by atoms with Crippen molar-refractivity contribution in [2.45, 2.75) is 72.2 Å². The van der Waals surface area contributed by atoms with Crippen LogP contribution in [-0.4, -0.2) is 3.26 Å². The van der Waals surface area contributed by atoms with Crippen molar-refractivity contribution in [3.8, 4) is 0 Å². The summed E-state index contributed by atoms with van der Waals surface area (Å²) < 4.78 is 76.7. The number of hydrogen-bond donors (Lipinski definition) is 0. The summed E-state index contributed by atoms with van der Waals surface area (Å²) in [7, 11) is 0. The van der Waals surface area contributed by atoms with Gasteiger partial charge in [-0.25, -0.2) is 24.1 Å². The topological polar surface area (TPSA) is 0 Å². The van der Waals surface area contributed by atoms with E-state index in [2.05, 4.69) is 72.3 Å². The van der Waals surface area contributed by atoms with E-state index >= 15 is 0 Å². The Morgan fingerprint density at radius 3 is 1.81 bits per heavy atom. The third-order valence-corrected chi connectivity index (χ3v) is 12.2. The molecule has 0 saturated carbocycles. The summed E-state index contributed by atoms with van der Waals surface area (Å²) in [6.45, 7) is 14.1. The van der Waals surface area contributed by atoms with Crippen LogP contribution in [0.2, 0.25) is 0 Å². The van der Waals surface area contributed by atoms with Crippen molar-refractivity contribution in [2.24, 2.45) is 5.41 Å². The van der Waals surface area contributed by atoms with Gasteiger partial charge in [0.15, 0.2) is 0 Å². The quantitative estimate of drug-likeness (QED) is 0.149. The molecule has 0 spiro atoms. The zero-order valence-electron chi connectivity index (χ0n) is 30.8. The van der Waals surface area contributed by atoms with E-state index in [-0.39, 0.29) is 35.6 Å². The molecule has 282 valence electrons. The molecule has 0 amide bonds. The Balaban J connectivity index is 0.000000208.